The second-order valence-corrected chi connectivity index (χ2v) is 5.20. The van der Waals surface area contributed by atoms with Crippen molar-refractivity contribution in [3.8, 4) is 11.8 Å². The number of nitriles is 1. The van der Waals surface area contributed by atoms with Crippen molar-refractivity contribution in [2.45, 2.75) is 13.0 Å². The molecule has 0 aliphatic carbocycles. The highest BCUT2D eigenvalue weighted by molar-refractivity contribution is 6.37. The summed E-state index contributed by atoms with van der Waals surface area (Å²) in [6.45, 7) is 1.98. The molecule has 1 atom stereocenters. The number of hydrogen-bond donors (Lipinski definition) is 2. The number of anilines is 1. The Balaban J connectivity index is 2.19. The minimum Gasteiger partial charge on any atom is -0.505 e. The first-order valence-corrected chi connectivity index (χ1v) is 6.71. The molecule has 0 amide bonds. The van der Waals surface area contributed by atoms with Crippen molar-refractivity contribution in [3.63, 3.8) is 0 Å². The van der Waals surface area contributed by atoms with E-state index in [-0.39, 0.29) is 21.8 Å². The van der Waals surface area contributed by atoms with E-state index in [0.717, 1.165) is 11.3 Å². The molecule has 0 aromatic heterocycles. The molecule has 0 saturated heterocycles. The molecule has 0 fully saturated rings. The summed E-state index contributed by atoms with van der Waals surface area (Å²) in [5.74, 6) is -0.120. The van der Waals surface area contributed by atoms with Crippen LogP contribution in [0, 0.1) is 11.3 Å². The summed E-state index contributed by atoms with van der Waals surface area (Å²) in [5, 5.41) is 21.9. The Labute approximate surface area is 127 Å². The lowest BCUT2D eigenvalue weighted by Crippen LogP contribution is -2.06. The van der Waals surface area contributed by atoms with Crippen LogP contribution in [0.15, 0.2) is 36.4 Å². The van der Waals surface area contributed by atoms with Crippen LogP contribution in [-0.2, 0) is 0 Å². The average Bonchev–Trinajstić information content (AvgIpc) is 2.44. The first-order chi connectivity index (χ1) is 9.51. The molecule has 0 saturated carbocycles. The molecular formula is C15H12Cl2N2O. The summed E-state index contributed by atoms with van der Waals surface area (Å²) in [5.41, 5.74) is 2.37. The molecule has 3 nitrogen and oxygen atoms in total. The van der Waals surface area contributed by atoms with E-state index in [9.17, 15) is 5.11 Å². The van der Waals surface area contributed by atoms with Crippen molar-refractivity contribution in [2.75, 3.05) is 5.32 Å². The van der Waals surface area contributed by atoms with E-state index < -0.39 is 0 Å². The molecule has 0 radical (unpaired) electrons. The van der Waals surface area contributed by atoms with Crippen LogP contribution in [0.25, 0.3) is 0 Å². The Bertz CT molecular complexity index is 640. The highest BCUT2D eigenvalue weighted by Gasteiger charge is 2.10. The average molecular weight is 307 g/mol. The van der Waals surface area contributed by atoms with Gasteiger partial charge in [-0.3, -0.25) is 0 Å². The van der Waals surface area contributed by atoms with Gasteiger partial charge in [0.15, 0.2) is 5.75 Å². The van der Waals surface area contributed by atoms with Gasteiger partial charge in [0, 0.05) is 11.7 Å². The van der Waals surface area contributed by atoms with Gasteiger partial charge in [-0.05, 0) is 36.8 Å². The Morgan fingerprint density at radius 2 is 1.70 bits per heavy atom. The first-order valence-electron chi connectivity index (χ1n) is 5.96. The van der Waals surface area contributed by atoms with Crippen molar-refractivity contribution in [2.24, 2.45) is 0 Å². The van der Waals surface area contributed by atoms with Gasteiger partial charge in [0.25, 0.3) is 0 Å². The molecule has 2 rings (SSSR count). The number of phenols is 1. The molecule has 2 N–H and O–H groups in total. The zero-order valence-corrected chi connectivity index (χ0v) is 12.2. The number of halogens is 2. The molecule has 20 heavy (non-hydrogen) atoms. The monoisotopic (exact) mass is 306 g/mol. The van der Waals surface area contributed by atoms with E-state index in [4.69, 9.17) is 28.5 Å². The van der Waals surface area contributed by atoms with Gasteiger partial charge in [0.1, 0.15) is 0 Å². The summed E-state index contributed by atoms with van der Waals surface area (Å²) < 4.78 is 0. The second kappa shape index (κ2) is 6.04. The van der Waals surface area contributed by atoms with Gasteiger partial charge in [-0.2, -0.15) is 5.26 Å². The molecular weight excluding hydrogens is 295 g/mol. The zero-order valence-electron chi connectivity index (χ0n) is 10.7. The highest BCUT2D eigenvalue weighted by atomic mass is 35.5. The van der Waals surface area contributed by atoms with Crippen LogP contribution in [0.4, 0.5) is 5.69 Å². The second-order valence-electron chi connectivity index (χ2n) is 4.39. The molecule has 0 heterocycles. The highest BCUT2D eigenvalue weighted by Crippen LogP contribution is 2.35. The maximum Gasteiger partial charge on any atom is 0.152 e. The largest absolute Gasteiger partial charge is 0.505 e. The number of rotatable bonds is 3. The summed E-state index contributed by atoms with van der Waals surface area (Å²) in [7, 11) is 0. The van der Waals surface area contributed by atoms with E-state index in [0.29, 0.717) is 5.56 Å². The molecule has 2 aromatic carbocycles. The minimum absolute atomic E-state index is 0.0134. The van der Waals surface area contributed by atoms with Crippen LogP contribution in [0.1, 0.15) is 24.1 Å². The fraction of sp³-hybridized carbons (Fsp3) is 0.133. The predicted molar refractivity (Wildman–Crippen MR) is 81.3 cm³/mol. The number of nitrogens with one attached hydrogen (secondary N) is 1. The molecule has 0 spiro atoms. The lowest BCUT2D eigenvalue weighted by atomic mass is 10.1. The van der Waals surface area contributed by atoms with Crippen LogP contribution in [0.3, 0.4) is 0 Å². The standard InChI is InChI=1S/C15H12Cl2N2O/c1-9(11-4-2-10(8-18)3-5-11)19-12-6-13(16)15(20)14(17)7-12/h2-7,9,19-20H,1H3. The van der Waals surface area contributed by atoms with Crippen LogP contribution in [-0.4, -0.2) is 5.11 Å². The van der Waals surface area contributed by atoms with Crippen LogP contribution < -0.4 is 5.32 Å². The number of phenolic OH excluding ortho intramolecular Hbond substituents is 1. The van der Waals surface area contributed by atoms with Crippen molar-refractivity contribution < 1.29 is 5.11 Å². The molecule has 102 valence electrons. The third-order valence-electron chi connectivity index (χ3n) is 2.94. The Morgan fingerprint density at radius 1 is 1.15 bits per heavy atom. The number of aromatic hydroxyl groups is 1. The molecule has 0 bridgehead atoms. The fourth-order valence-electron chi connectivity index (χ4n) is 1.83. The van der Waals surface area contributed by atoms with E-state index >= 15 is 0 Å². The van der Waals surface area contributed by atoms with Crippen molar-refractivity contribution >= 4 is 28.9 Å². The first kappa shape index (κ1) is 14.5. The SMILES string of the molecule is CC(Nc1cc(Cl)c(O)c(Cl)c1)c1ccc(C#N)cc1. The lowest BCUT2D eigenvalue weighted by Gasteiger charge is -2.16. The fourth-order valence-corrected chi connectivity index (χ4v) is 2.32. The minimum atomic E-state index is -0.120. The third kappa shape index (κ3) is 3.16. The van der Waals surface area contributed by atoms with Crippen LogP contribution >= 0.6 is 23.2 Å². The topological polar surface area (TPSA) is 56.0 Å². The zero-order chi connectivity index (χ0) is 14.7. The molecule has 1 unspecified atom stereocenters. The number of benzene rings is 2. The van der Waals surface area contributed by atoms with Gasteiger partial charge in [-0.25, -0.2) is 0 Å². The molecule has 5 heteroatoms. The van der Waals surface area contributed by atoms with Gasteiger partial charge in [0.2, 0.25) is 0 Å². The van der Waals surface area contributed by atoms with E-state index in [2.05, 4.69) is 11.4 Å². The maximum atomic E-state index is 9.52. The molecule has 0 aliphatic rings. The third-order valence-corrected chi connectivity index (χ3v) is 3.52. The molecule has 0 aliphatic heterocycles. The van der Waals surface area contributed by atoms with Gasteiger partial charge in [-0.1, -0.05) is 35.3 Å². The lowest BCUT2D eigenvalue weighted by molar-refractivity contribution is 0.476. The van der Waals surface area contributed by atoms with Crippen molar-refractivity contribution in [1.82, 2.24) is 0 Å². The summed E-state index contributed by atoms with van der Waals surface area (Å²) in [4.78, 5) is 0. The van der Waals surface area contributed by atoms with Crippen LogP contribution in [0.5, 0.6) is 5.75 Å². The van der Waals surface area contributed by atoms with E-state index in [1.807, 2.05) is 19.1 Å². The Morgan fingerprint density at radius 3 is 2.20 bits per heavy atom. The normalized spacial score (nSPS) is 11.7. The van der Waals surface area contributed by atoms with Crippen molar-refractivity contribution in [1.29, 1.82) is 5.26 Å². The summed E-state index contributed by atoms with van der Waals surface area (Å²) >= 11 is 11.8. The molecule has 2 aromatic rings. The van der Waals surface area contributed by atoms with Gasteiger partial charge in [0.05, 0.1) is 21.7 Å². The predicted octanol–water partition coefficient (Wildman–Crippen LogP) is 4.74. The van der Waals surface area contributed by atoms with Gasteiger partial charge >= 0.3 is 0 Å². The maximum absolute atomic E-state index is 9.52. The number of nitrogens with zero attached hydrogens (tertiary/aromatic N) is 1. The number of hydrogen-bond acceptors (Lipinski definition) is 3. The van der Waals surface area contributed by atoms with E-state index in [1.54, 1.807) is 24.3 Å². The summed E-state index contributed by atoms with van der Waals surface area (Å²) in [6.07, 6.45) is 0. The van der Waals surface area contributed by atoms with Crippen molar-refractivity contribution in [3.05, 3.63) is 57.6 Å². The smallest absolute Gasteiger partial charge is 0.152 e. The van der Waals surface area contributed by atoms with Gasteiger partial charge in [-0.15, -0.1) is 0 Å². The van der Waals surface area contributed by atoms with E-state index in [1.165, 1.54) is 0 Å². The summed E-state index contributed by atoms with van der Waals surface area (Å²) in [6, 6.07) is 12.6. The Hall–Kier alpha value is -1.89. The van der Waals surface area contributed by atoms with Crippen LogP contribution in [0.2, 0.25) is 10.0 Å². The van der Waals surface area contributed by atoms with Gasteiger partial charge < -0.3 is 10.4 Å². The Kier molecular flexibility index (Phi) is 4.39. The quantitative estimate of drug-likeness (QED) is 0.805.